The number of carbonyl (C=O) groups is 1. The molecular formula is C20H15F6O5PS. The van der Waals surface area contributed by atoms with Crippen LogP contribution in [-0.4, -0.2) is 19.2 Å². The third-order valence-electron chi connectivity index (χ3n) is 4.28. The van der Waals surface area contributed by atoms with E-state index in [0.717, 1.165) is 17.4 Å². The molecule has 0 N–H and O–H groups in total. The molecule has 33 heavy (non-hydrogen) atoms. The lowest BCUT2D eigenvalue weighted by molar-refractivity contribution is 0.0721. The number of rotatable bonds is 8. The maximum Gasteiger partial charge on any atom is 0.369 e. The molecule has 1 aromatic heterocycles. The number of hydrogen-bond acceptors (Lipinski definition) is 6. The van der Waals surface area contributed by atoms with Crippen LogP contribution in [0.2, 0.25) is 0 Å². The fraction of sp³-hybridized carbons (Fsp3) is 0.250. The Morgan fingerprint density at radius 2 is 1.48 bits per heavy atom. The lowest BCUT2D eigenvalue weighted by Gasteiger charge is -2.20. The van der Waals surface area contributed by atoms with Gasteiger partial charge in [0.05, 0.1) is 13.2 Å². The van der Waals surface area contributed by atoms with Gasteiger partial charge in [-0.1, -0.05) is 6.07 Å². The largest absolute Gasteiger partial charge is 0.416 e. The first-order valence-electron chi connectivity index (χ1n) is 9.34. The van der Waals surface area contributed by atoms with Gasteiger partial charge in [0.1, 0.15) is 4.88 Å². The topological polar surface area (TPSA) is 61.8 Å². The molecule has 3 rings (SSSR count). The van der Waals surface area contributed by atoms with Gasteiger partial charge in [0.15, 0.2) is 0 Å². The van der Waals surface area contributed by atoms with Crippen molar-refractivity contribution in [2.45, 2.75) is 19.8 Å². The monoisotopic (exact) mass is 512 g/mol. The van der Waals surface area contributed by atoms with Crippen molar-refractivity contribution < 1.29 is 49.5 Å². The number of ether oxygens (including phenoxy) is 1. The van der Waals surface area contributed by atoms with E-state index in [1.165, 1.54) is 32.0 Å². The summed E-state index contributed by atoms with van der Waals surface area (Å²) in [5, 5.41) is 0.268. The Hall–Kier alpha value is -2.40. The summed E-state index contributed by atoms with van der Waals surface area (Å²) >= 11 is 0.761. The number of fused-ring (bicyclic) bond motifs is 1. The Balaban J connectivity index is 1.93. The van der Waals surface area contributed by atoms with Gasteiger partial charge in [0.25, 0.3) is 0 Å². The molecule has 0 aliphatic heterocycles. The molecule has 0 aliphatic carbocycles. The van der Waals surface area contributed by atoms with Crippen molar-refractivity contribution in [1.29, 1.82) is 0 Å². The summed E-state index contributed by atoms with van der Waals surface area (Å²) in [6.07, 6.45) is 0. The number of thiophene rings is 1. The summed E-state index contributed by atoms with van der Waals surface area (Å²) in [6, 6.07) is 5.10. The molecule has 0 bridgehead atoms. The molecule has 0 saturated heterocycles. The maximum atomic E-state index is 14.9. The standard InChI is InChI=1S/C20H15F6O5PS/c1-3-29-32(28,30-4-2)19(26)9-5-6-11-10(7-9)8-12(33-11)20(27)31-18-16(24)14(22)13(21)15(23)17(18)25/h5-8,19H,3-4H2,1-2H3. The molecule has 0 radical (unpaired) electrons. The van der Waals surface area contributed by atoms with Crippen molar-refractivity contribution in [2.24, 2.45) is 0 Å². The SMILES string of the molecule is CCOP(=O)(OCC)C(F)c1ccc2sc(C(=O)Oc3c(F)c(F)c(F)c(F)c3F)cc2c1. The van der Waals surface area contributed by atoms with Crippen LogP contribution in [0.5, 0.6) is 5.75 Å². The number of alkyl halides is 1. The van der Waals surface area contributed by atoms with Crippen LogP contribution < -0.4 is 4.74 Å². The zero-order valence-corrected chi connectivity index (χ0v) is 18.7. The molecule has 178 valence electrons. The highest BCUT2D eigenvalue weighted by molar-refractivity contribution is 7.54. The Morgan fingerprint density at radius 1 is 0.939 bits per heavy atom. The average molecular weight is 512 g/mol. The van der Waals surface area contributed by atoms with Crippen molar-refractivity contribution in [3.63, 3.8) is 0 Å². The summed E-state index contributed by atoms with van der Waals surface area (Å²) in [7, 11) is -4.13. The molecule has 13 heteroatoms. The van der Waals surface area contributed by atoms with Gasteiger partial charge in [-0.3, -0.25) is 4.57 Å². The second-order valence-corrected chi connectivity index (χ2v) is 9.54. The molecule has 2 aromatic carbocycles. The molecule has 1 unspecified atom stereocenters. The molecular weight excluding hydrogens is 497 g/mol. The van der Waals surface area contributed by atoms with Crippen LogP contribution in [0, 0.1) is 29.1 Å². The highest BCUT2D eigenvalue weighted by atomic mass is 32.1. The van der Waals surface area contributed by atoms with Gasteiger partial charge in [0.2, 0.25) is 40.7 Å². The Kier molecular flexibility index (Phi) is 7.52. The predicted octanol–water partition coefficient (Wildman–Crippen LogP) is 7.05. The number of hydrogen-bond donors (Lipinski definition) is 0. The van der Waals surface area contributed by atoms with E-state index >= 15 is 0 Å². The minimum absolute atomic E-state index is 0.0634. The van der Waals surface area contributed by atoms with E-state index in [-0.39, 0.29) is 29.0 Å². The highest BCUT2D eigenvalue weighted by Gasteiger charge is 2.37. The van der Waals surface area contributed by atoms with E-state index in [1.54, 1.807) is 0 Å². The van der Waals surface area contributed by atoms with E-state index in [2.05, 4.69) is 4.74 Å². The first kappa shape index (κ1) is 25.2. The van der Waals surface area contributed by atoms with Gasteiger partial charge >= 0.3 is 13.6 Å². The lowest BCUT2D eigenvalue weighted by atomic mass is 10.2. The van der Waals surface area contributed by atoms with E-state index in [1.807, 2.05) is 0 Å². The van der Waals surface area contributed by atoms with Crippen molar-refractivity contribution in [2.75, 3.05) is 13.2 Å². The Bertz CT molecular complexity index is 1220. The molecule has 0 amide bonds. The molecule has 5 nitrogen and oxygen atoms in total. The minimum Gasteiger partial charge on any atom is -0.416 e. The summed E-state index contributed by atoms with van der Waals surface area (Å²) in [4.78, 5) is 12.0. The van der Waals surface area contributed by atoms with Gasteiger partial charge in [-0.2, -0.15) is 8.78 Å². The quantitative estimate of drug-likeness (QED) is 0.0809. The van der Waals surface area contributed by atoms with Gasteiger partial charge < -0.3 is 13.8 Å². The Labute approximate surface area is 187 Å². The molecule has 1 atom stereocenters. The van der Waals surface area contributed by atoms with Gasteiger partial charge in [-0.05, 0) is 43.0 Å². The molecule has 0 aliphatic rings. The first-order chi connectivity index (χ1) is 15.5. The van der Waals surface area contributed by atoms with Crippen LogP contribution in [0.15, 0.2) is 24.3 Å². The number of esters is 1. The van der Waals surface area contributed by atoms with E-state index in [9.17, 15) is 35.7 Å². The average Bonchev–Trinajstić information content (AvgIpc) is 3.22. The van der Waals surface area contributed by atoms with Gasteiger partial charge in [0, 0.05) is 4.70 Å². The van der Waals surface area contributed by atoms with Crippen LogP contribution in [-0.2, 0) is 13.6 Å². The van der Waals surface area contributed by atoms with Crippen LogP contribution in [0.3, 0.4) is 0 Å². The van der Waals surface area contributed by atoms with E-state index in [0.29, 0.717) is 4.70 Å². The minimum atomic E-state index is -4.13. The highest BCUT2D eigenvalue weighted by Crippen LogP contribution is 2.61. The summed E-state index contributed by atoms with van der Waals surface area (Å²) in [5.41, 5.74) is -0.0785. The molecule has 3 aromatic rings. The van der Waals surface area contributed by atoms with Crippen LogP contribution >= 0.6 is 18.9 Å². The number of carbonyl (C=O) groups excluding carboxylic acids is 1. The first-order valence-corrected chi connectivity index (χ1v) is 11.8. The second kappa shape index (κ2) is 9.84. The molecule has 0 saturated carbocycles. The lowest BCUT2D eigenvalue weighted by Crippen LogP contribution is -2.12. The van der Waals surface area contributed by atoms with Crippen molar-refractivity contribution in [3.8, 4) is 5.75 Å². The summed E-state index contributed by atoms with van der Waals surface area (Å²) < 4.78 is 110. The van der Waals surface area contributed by atoms with Crippen LogP contribution in [0.25, 0.3) is 10.1 Å². The third kappa shape index (κ3) is 4.79. The predicted molar refractivity (Wildman–Crippen MR) is 108 cm³/mol. The third-order valence-corrected chi connectivity index (χ3v) is 7.46. The fourth-order valence-electron chi connectivity index (χ4n) is 2.84. The van der Waals surface area contributed by atoms with Gasteiger partial charge in [-0.15, -0.1) is 11.3 Å². The van der Waals surface area contributed by atoms with E-state index in [4.69, 9.17) is 9.05 Å². The van der Waals surface area contributed by atoms with Crippen molar-refractivity contribution >= 4 is 35.0 Å². The zero-order valence-electron chi connectivity index (χ0n) is 17.0. The molecule has 0 fully saturated rings. The summed E-state index contributed by atoms with van der Waals surface area (Å²) in [6.45, 7) is 2.91. The second-order valence-electron chi connectivity index (χ2n) is 6.41. The molecule has 0 spiro atoms. The van der Waals surface area contributed by atoms with E-state index < -0.39 is 54.3 Å². The van der Waals surface area contributed by atoms with Crippen LogP contribution in [0.4, 0.5) is 26.3 Å². The maximum absolute atomic E-state index is 14.9. The zero-order chi connectivity index (χ0) is 24.5. The van der Waals surface area contributed by atoms with Gasteiger partial charge in [-0.25, -0.2) is 22.4 Å². The smallest absolute Gasteiger partial charge is 0.369 e. The molecule has 1 heterocycles. The number of benzene rings is 2. The van der Waals surface area contributed by atoms with Crippen molar-refractivity contribution in [3.05, 3.63) is 63.8 Å². The van der Waals surface area contributed by atoms with Crippen molar-refractivity contribution in [1.82, 2.24) is 0 Å². The number of halogens is 6. The summed E-state index contributed by atoms with van der Waals surface area (Å²) in [5.74, 6) is -16.8. The normalized spacial score (nSPS) is 12.8. The van der Waals surface area contributed by atoms with Crippen LogP contribution in [0.1, 0.15) is 35.0 Å². The Morgan fingerprint density at radius 3 is 2.03 bits per heavy atom. The fourth-order valence-corrected chi connectivity index (χ4v) is 5.34.